The van der Waals surface area contributed by atoms with Crippen molar-refractivity contribution in [3.05, 3.63) is 0 Å². The Labute approximate surface area is 184 Å². The van der Waals surface area contributed by atoms with Gasteiger partial charge in [-0.15, -0.1) is 0 Å². The molecule has 1 amide bonds. The number of esters is 1. The van der Waals surface area contributed by atoms with Gasteiger partial charge in [0.05, 0.1) is 31.6 Å². The second-order valence-electron chi connectivity index (χ2n) is 9.42. The van der Waals surface area contributed by atoms with E-state index >= 15 is 0 Å². The van der Waals surface area contributed by atoms with Gasteiger partial charge < -0.3 is 19.5 Å². The number of amides is 1. The maximum absolute atomic E-state index is 12.9. The summed E-state index contributed by atoms with van der Waals surface area (Å²) in [7, 11) is 0. The minimum Gasteiger partial charge on any atom is -0.459 e. The van der Waals surface area contributed by atoms with Crippen LogP contribution in [0.2, 0.25) is 0 Å². The molecule has 3 aliphatic rings. The van der Waals surface area contributed by atoms with E-state index < -0.39 is 17.9 Å². The molecule has 172 valence electrons. The molecule has 8 heteroatoms. The van der Waals surface area contributed by atoms with Crippen molar-refractivity contribution in [3.63, 3.8) is 0 Å². The van der Waals surface area contributed by atoms with E-state index in [-0.39, 0.29) is 48.3 Å². The first-order valence-corrected chi connectivity index (χ1v) is 11.5. The Kier molecular flexibility index (Phi) is 8.44. The van der Waals surface area contributed by atoms with E-state index in [1.807, 2.05) is 13.8 Å². The summed E-state index contributed by atoms with van der Waals surface area (Å²) in [4.78, 5) is 37.6. The Morgan fingerprint density at radius 1 is 1.26 bits per heavy atom. The van der Waals surface area contributed by atoms with Crippen molar-refractivity contribution in [3.8, 4) is 6.07 Å². The molecular formula is C23H34N2O6. The topological polar surface area (TPSA) is 115 Å². The van der Waals surface area contributed by atoms with Crippen LogP contribution in [-0.4, -0.2) is 49.3 Å². The van der Waals surface area contributed by atoms with Crippen molar-refractivity contribution in [2.45, 2.75) is 83.6 Å². The van der Waals surface area contributed by atoms with Crippen LogP contribution in [0.4, 0.5) is 0 Å². The molecule has 2 heterocycles. The molecule has 3 fully saturated rings. The molecule has 31 heavy (non-hydrogen) atoms. The van der Waals surface area contributed by atoms with Crippen molar-refractivity contribution in [2.24, 2.45) is 23.7 Å². The second kappa shape index (κ2) is 11.1. The van der Waals surface area contributed by atoms with Gasteiger partial charge in [0.25, 0.3) is 0 Å². The number of hydrogen-bond donors (Lipinski definition) is 1. The molecule has 8 nitrogen and oxygen atoms in total. The maximum atomic E-state index is 12.9. The quantitative estimate of drug-likeness (QED) is 0.554. The number of ketones is 1. The van der Waals surface area contributed by atoms with Crippen molar-refractivity contribution in [1.29, 1.82) is 5.26 Å². The monoisotopic (exact) mass is 434 g/mol. The zero-order valence-corrected chi connectivity index (χ0v) is 18.5. The van der Waals surface area contributed by atoms with Crippen molar-refractivity contribution < 1.29 is 28.6 Å². The van der Waals surface area contributed by atoms with Crippen LogP contribution in [-0.2, 0) is 28.6 Å². The minimum atomic E-state index is -0.732. The van der Waals surface area contributed by atoms with E-state index in [9.17, 15) is 19.6 Å². The molecule has 0 unspecified atom stereocenters. The van der Waals surface area contributed by atoms with Crippen LogP contribution in [0.3, 0.4) is 0 Å². The number of carbonyl (C=O) groups is 3. The molecule has 0 aromatic carbocycles. The van der Waals surface area contributed by atoms with Gasteiger partial charge in [-0.25, -0.2) is 0 Å². The Balaban J connectivity index is 1.54. The maximum Gasteiger partial charge on any atom is 0.306 e. The fourth-order valence-corrected chi connectivity index (χ4v) is 4.84. The van der Waals surface area contributed by atoms with Gasteiger partial charge in [0.2, 0.25) is 5.91 Å². The zero-order valence-electron chi connectivity index (χ0n) is 18.5. The highest BCUT2D eigenvalue weighted by Crippen LogP contribution is 2.33. The minimum absolute atomic E-state index is 0.0424. The zero-order chi connectivity index (χ0) is 22.4. The van der Waals surface area contributed by atoms with Gasteiger partial charge in [0.15, 0.2) is 6.29 Å². The van der Waals surface area contributed by atoms with Crippen LogP contribution in [0, 0.1) is 35.0 Å². The summed E-state index contributed by atoms with van der Waals surface area (Å²) in [6.07, 6.45) is 4.15. The molecule has 1 saturated carbocycles. The number of ether oxygens (including phenoxy) is 3. The summed E-state index contributed by atoms with van der Waals surface area (Å²) < 4.78 is 16.6. The molecule has 1 aliphatic carbocycles. The van der Waals surface area contributed by atoms with Crippen molar-refractivity contribution in [2.75, 3.05) is 13.2 Å². The van der Waals surface area contributed by atoms with Crippen molar-refractivity contribution in [1.82, 2.24) is 5.32 Å². The summed E-state index contributed by atoms with van der Waals surface area (Å²) in [6, 6.07) is 1.38. The van der Waals surface area contributed by atoms with Gasteiger partial charge in [-0.05, 0) is 38.0 Å². The number of hydrogen-bond acceptors (Lipinski definition) is 7. The SMILES string of the molecule is CC(C)C[C@H](CC(=O)O[C@H]1CO[C@H]2OCC[C@H]21)C(=O)N[C@H](C#N)C[C@@H]1CCCCC1=O. The lowest BCUT2D eigenvalue weighted by Gasteiger charge is -2.25. The van der Waals surface area contributed by atoms with Crippen LogP contribution in [0.15, 0.2) is 0 Å². The summed E-state index contributed by atoms with van der Waals surface area (Å²) >= 11 is 0. The van der Waals surface area contributed by atoms with Gasteiger partial charge in [-0.1, -0.05) is 20.3 Å². The molecule has 0 aromatic rings. The number of Topliss-reactive ketones (excluding diaryl/α,β-unsaturated/α-hetero) is 1. The van der Waals surface area contributed by atoms with Gasteiger partial charge in [0.1, 0.15) is 17.9 Å². The third-order valence-corrected chi connectivity index (χ3v) is 6.48. The predicted molar refractivity (Wildman–Crippen MR) is 110 cm³/mol. The van der Waals surface area contributed by atoms with Crippen LogP contribution in [0.5, 0.6) is 0 Å². The van der Waals surface area contributed by atoms with E-state index in [1.165, 1.54) is 0 Å². The molecule has 0 aromatic heterocycles. The van der Waals surface area contributed by atoms with Crippen LogP contribution in [0.25, 0.3) is 0 Å². The molecule has 3 rings (SSSR count). The highest BCUT2D eigenvalue weighted by Gasteiger charge is 2.44. The van der Waals surface area contributed by atoms with E-state index in [1.54, 1.807) is 0 Å². The molecule has 2 saturated heterocycles. The summed E-state index contributed by atoms with van der Waals surface area (Å²) in [5, 5.41) is 12.3. The molecule has 2 aliphatic heterocycles. The number of rotatable bonds is 9. The van der Waals surface area contributed by atoms with Gasteiger partial charge >= 0.3 is 5.97 Å². The number of nitriles is 1. The third kappa shape index (κ3) is 6.50. The molecule has 1 N–H and O–H groups in total. The van der Waals surface area contributed by atoms with Crippen molar-refractivity contribution >= 4 is 17.7 Å². The lowest BCUT2D eigenvalue weighted by Crippen LogP contribution is -2.41. The highest BCUT2D eigenvalue weighted by molar-refractivity contribution is 5.84. The first-order chi connectivity index (χ1) is 14.9. The average molecular weight is 435 g/mol. The normalized spacial score (nSPS) is 29.8. The molecule has 0 radical (unpaired) electrons. The van der Waals surface area contributed by atoms with Gasteiger partial charge in [-0.2, -0.15) is 5.26 Å². The smallest absolute Gasteiger partial charge is 0.306 e. The predicted octanol–water partition coefficient (Wildman–Crippen LogP) is 2.50. The van der Waals surface area contributed by atoms with E-state index in [2.05, 4.69) is 11.4 Å². The number of carbonyl (C=O) groups excluding carboxylic acids is 3. The van der Waals surface area contributed by atoms with Gasteiger partial charge in [-0.3, -0.25) is 14.4 Å². The fourth-order valence-electron chi connectivity index (χ4n) is 4.84. The number of fused-ring (bicyclic) bond motifs is 1. The van der Waals surface area contributed by atoms with Gasteiger partial charge in [0, 0.05) is 18.3 Å². The summed E-state index contributed by atoms with van der Waals surface area (Å²) in [5.74, 6) is -1.08. The Hall–Kier alpha value is -1.98. The first-order valence-electron chi connectivity index (χ1n) is 11.5. The summed E-state index contributed by atoms with van der Waals surface area (Å²) in [5.41, 5.74) is 0. The fraction of sp³-hybridized carbons (Fsp3) is 0.826. The number of nitrogens with one attached hydrogen (secondary N) is 1. The first kappa shape index (κ1) is 23.7. The molecule has 0 spiro atoms. The number of nitrogens with zero attached hydrogens (tertiary/aromatic N) is 1. The molecule has 0 bridgehead atoms. The standard InChI is InChI=1S/C23H34N2O6/c1-14(2)9-16(11-21(27)31-20-13-30-23-18(20)7-8-29-23)22(28)25-17(12-24)10-15-5-3-4-6-19(15)26/h14-18,20,23H,3-11,13H2,1-2H3,(H,25,28)/t15-,16+,17-,18-,20-,23+/m0/s1. The van der Waals surface area contributed by atoms with E-state index in [0.29, 0.717) is 32.5 Å². The van der Waals surface area contributed by atoms with Crippen LogP contribution >= 0.6 is 0 Å². The second-order valence-corrected chi connectivity index (χ2v) is 9.42. The highest BCUT2D eigenvalue weighted by atomic mass is 16.7. The average Bonchev–Trinajstić information content (AvgIpc) is 3.33. The third-order valence-electron chi connectivity index (χ3n) is 6.48. The molecular weight excluding hydrogens is 400 g/mol. The molecule has 6 atom stereocenters. The summed E-state index contributed by atoms with van der Waals surface area (Å²) in [6.45, 7) is 4.88. The Bertz CT molecular complexity index is 703. The van der Waals surface area contributed by atoms with Crippen LogP contribution < -0.4 is 5.32 Å². The lowest BCUT2D eigenvalue weighted by molar-refractivity contribution is -0.153. The van der Waals surface area contributed by atoms with E-state index in [4.69, 9.17) is 14.2 Å². The largest absolute Gasteiger partial charge is 0.459 e. The van der Waals surface area contributed by atoms with E-state index in [0.717, 1.165) is 25.7 Å². The van der Waals surface area contributed by atoms with Crippen LogP contribution in [0.1, 0.15) is 65.2 Å². The Morgan fingerprint density at radius 3 is 2.77 bits per heavy atom. The lowest BCUT2D eigenvalue weighted by atomic mass is 9.83. The Morgan fingerprint density at radius 2 is 2.06 bits per heavy atom.